The molecule has 8 heteroatoms. The number of carbonyl (C=O) groups is 1. The van der Waals surface area contributed by atoms with E-state index in [1.807, 2.05) is 0 Å². The Morgan fingerprint density at radius 2 is 2.00 bits per heavy atom. The van der Waals surface area contributed by atoms with Crippen LogP contribution in [0.4, 0.5) is 19.0 Å². The van der Waals surface area contributed by atoms with Gasteiger partial charge in [-0.3, -0.25) is 0 Å². The van der Waals surface area contributed by atoms with Crippen LogP contribution >= 0.6 is 0 Å². The molecule has 0 saturated carbocycles. The number of carboxylic acid groups (broad SMARTS) is 1. The summed E-state index contributed by atoms with van der Waals surface area (Å²) in [5.41, 5.74) is -1.52. The van der Waals surface area contributed by atoms with Crippen molar-refractivity contribution in [1.29, 1.82) is 0 Å². The second-order valence-corrected chi connectivity index (χ2v) is 4.00. The van der Waals surface area contributed by atoms with E-state index in [-0.39, 0.29) is 5.82 Å². The van der Waals surface area contributed by atoms with Crippen molar-refractivity contribution in [2.75, 3.05) is 31.2 Å². The lowest BCUT2D eigenvalue weighted by Gasteiger charge is -2.29. The van der Waals surface area contributed by atoms with E-state index in [9.17, 15) is 18.0 Å². The molecule has 1 aliphatic rings. The molecule has 0 atom stereocenters. The molecule has 19 heavy (non-hydrogen) atoms. The van der Waals surface area contributed by atoms with E-state index in [1.54, 1.807) is 0 Å². The molecule has 104 valence electrons. The fourth-order valence-corrected chi connectivity index (χ4v) is 1.81. The molecular formula is C11H11F3N2O3. The molecule has 0 unspecified atom stereocenters. The molecule has 0 amide bonds. The lowest BCUT2D eigenvalue weighted by atomic mass is 10.1. The van der Waals surface area contributed by atoms with Gasteiger partial charge >= 0.3 is 12.1 Å². The molecule has 0 aromatic carbocycles. The number of carboxylic acids is 1. The van der Waals surface area contributed by atoms with Gasteiger partial charge in [-0.2, -0.15) is 13.2 Å². The van der Waals surface area contributed by atoms with E-state index in [2.05, 4.69) is 4.98 Å². The molecule has 2 heterocycles. The van der Waals surface area contributed by atoms with Crippen molar-refractivity contribution in [3.63, 3.8) is 0 Å². The quantitative estimate of drug-likeness (QED) is 0.889. The summed E-state index contributed by atoms with van der Waals surface area (Å²) in [5.74, 6) is -1.69. The van der Waals surface area contributed by atoms with Crippen LogP contribution in [-0.2, 0) is 10.9 Å². The molecule has 0 aliphatic carbocycles. The third-order valence-electron chi connectivity index (χ3n) is 2.73. The number of hydrogen-bond donors (Lipinski definition) is 1. The summed E-state index contributed by atoms with van der Waals surface area (Å²) in [7, 11) is 0. The van der Waals surface area contributed by atoms with Gasteiger partial charge in [-0.05, 0) is 6.07 Å². The van der Waals surface area contributed by atoms with E-state index >= 15 is 0 Å². The van der Waals surface area contributed by atoms with Crippen molar-refractivity contribution in [2.24, 2.45) is 0 Å². The van der Waals surface area contributed by atoms with Crippen LogP contribution in [0.2, 0.25) is 0 Å². The van der Waals surface area contributed by atoms with Crippen LogP contribution in [0.1, 0.15) is 15.9 Å². The highest BCUT2D eigenvalue weighted by Crippen LogP contribution is 2.36. The lowest BCUT2D eigenvalue weighted by Crippen LogP contribution is -2.38. The highest BCUT2D eigenvalue weighted by atomic mass is 19.4. The molecule has 1 N–H and O–H groups in total. The molecule has 5 nitrogen and oxygen atoms in total. The summed E-state index contributed by atoms with van der Waals surface area (Å²) in [5, 5.41) is 8.74. The van der Waals surface area contributed by atoms with Crippen molar-refractivity contribution in [2.45, 2.75) is 6.18 Å². The van der Waals surface area contributed by atoms with E-state index in [0.29, 0.717) is 32.4 Å². The minimum atomic E-state index is -4.65. The number of alkyl halides is 3. The van der Waals surface area contributed by atoms with Gasteiger partial charge in [-0.15, -0.1) is 0 Å². The summed E-state index contributed by atoms with van der Waals surface area (Å²) in [6.45, 7) is 1.23. The van der Waals surface area contributed by atoms with Gasteiger partial charge in [-0.1, -0.05) is 0 Å². The first kappa shape index (κ1) is 13.6. The lowest BCUT2D eigenvalue weighted by molar-refractivity contribution is -0.137. The molecule has 0 spiro atoms. The number of aromatic nitrogens is 1. The zero-order chi connectivity index (χ0) is 14.0. The Labute approximate surface area is 106 Å². The van der Waals surface area contributed by atoms with Gasteiger partial charge in [0, 0.05) is 19.3 Å². The van der Waals surface area contributed by atoms with Crippen LogP contribution in [0.15, 0.2) is 12.3 Å². The van der Waals surface area contributed by atoms with Crippen LogP contribution in [0, 0.1) is 0 Å². The number of ether oxygens (including phenoxy) is 1. The van der Waals surface area contributed by atoms with Crippen LogP contribution in [0.5, 0.6) is 0 Å². The van der Waals surface area contributed by atoms with Crippen LogP contribution in [0.25, 0.3) is 0 Å². The van der Waals surface area contributed by atoms with Crippen molar-refractivity contribution in [3.8, 4) is 0 Å². The number of halogens is 3. The van der Waals surface area contributed by atoms with Crippen LogP contribution < -0.4 is 4.90 Å². The maximum atomic E-state index is 13.0. The number of aromatic carboxylic acids is 1. The van der Waals surface area contributed by atoms with Gasteiger partial charge in [0.1, 0.15) is 5.82 Å². The second kappa shape index (κ2) is 5.04. The number of pyridine rings is 1. The summed E-state index contributed by atoms with van der Waals surface area (Å²) in [6, 6.07) is 0.611. The topological polar surface area (TPSA) is 62.7 Å². The second-order valence-electron chi connectivity index (χ2n) is 4.00. The highest BCUT2D eigenvalue weighted by Gasteiger charge is 2.37. The maximum absolute atomic E-state index is 13.0. The molecule has 1 saturated heterocycles. The van der Waals surface area contributed by atoms with Gasteiger partial charge in [-0.25, -0.2) is 9.78 Å². The fourth-order valence-electron chi connectivity index (χ4n) is 1.81. The monoisotopic (exact) mass is 276 g/mol. The van der Waals surface area contributed by atoms with E-state index in [4.69, 9.17) is 9.84 Å². The predicted octanol–water partition coefficient (Wildman–Crippen LogP) is 1.64. The molecule has 0 radical (unpaired) electrons. The number of anilines is 1. The first-order chi connectivity index (χ1) is 8.89. The number of rotatable bonds is 2. The van der Waals surface area contributed by atoms with Gasteiger partial charge in [0.25, 0.3) is 0 Å². The SMILES string of the molecule is O=C(O)c1cnc(N2CCOCC2)c(C(F)(F)F)c1. The first-order valence-corrected chi connectivity index (χ1v) is 5.53. The summed E-state index contributed by atoms with van der Waals surface area (Å²) >= 11 is 0. The fraction of sp³-hybridized carbons (Fsp3) is 0.455. The Bertz CT molecular complexity index is 485. The third-order valence-corrected chi connectivity index (χ3v) is 2.73. The highest BCUT2D eigenvalue weighted by molar-refractivity contribution is 5.88. The smallest absolute Gasteiger partial charge is 0.419 e. The van der Waals surface area contributed by atoms with Crippen molar-refractivity contribution >= 4 is 11.8 Å². The molecule has 1 fully saturated rings. The molecular weight excluding hydrogens is 265 g/mol. The van der Waals surface area contributed by atoms with Crippen molar-refractivity contribution < 1.29 is 27.8 Å². The minimum absolute atomic E-state index is 0.249. The van der Waals surface area contributed by atoms with Gasteiger partial charge in [0.15, 0.2) is 0 Å². The Hall–Kier alpha value is -1.83. The van der Waals surface area contributed by atoms with Crippen molar-refractivity contribution in [1.82, 2.24) is 4.98 Å². The van der Waals surface area contributed by atoms with Crippen LogP contribution in [-0.4, -0.2) is 42.4 Å². The zero-order valence-corrected chi connectivity index (χ0v) is 9.78. The average Bonchev–Trinajstić information content (AvgIpc) is 2.38. The van der Waals surface area contributed by atoms with E-state index in [0.717, 1.165) is 6.20 Å². The summed E-state index contributed by atoms with van der Waals surface area (Å²) in [4.78, 5) is 15.8. The Balaban J connectivity index is 2.44. The normalized spacial score (nSPS) is 16.5. The molecule has 1 aliphatic heterocycles. The predicted molar refractivity (Wildman–Crippen MR) is 59.2 cm³/mol. The van der Waals surface area contributed by atoms with E-state index in [1.165, 1.54) is 4.90 Å². The molecule has 1 aromatic heterocycles. The summed E-state index contributed by atoms with van der Waals surface area (Å²) in [6.07, 6.45) is -3.71. The Morgan fingerprint density at radius 1 is 1.37 bits per heavy atom. The van der Waals surface area contributed by atoms with Gasteiger partial charge in [0.2, 0.25) is 0 Å². The van der Waals surface area contributed by atoms with E-state index < -0.39 is 23.3 Å². The number of nitrogens with zero attached hydrogens (tertiary/aromatic N) is 2. The third kappa shape index (κ3) is 2.95. The van der Waals surface area contributed by atoms with Gasteiger partial charge < -0.3 is 14.7 Å². The number of hydrogen-bond acceptors (Lipinski definition) is 4. The maximum Gasteiger partial charge on any atom is 0.419 e. The Kier molecular flexibility index (Phi) is 3.61. The first-order valence-electron chi connectivity index (χ1n) is 5.53. The molecule has 2 rings (SSSR count). The number of morpholine rings is 1. The van der Waals surface area contributed by atoms with Gasteiger partial charge in [0.05, 0.1) is 24.3 Å². The molecule has 1 aromatic rings. The summed E-state index contributed by atoms with van der Waals surface area (Å²) < 4.78 is 43.9. The minimum Gasteiger partial charge on any atom is -0.478 e. The average molecular weight is 276 g/mol. The standard InChI is InChI=1S/C11H11F3N2O3/c12-11(13,14)8-5-7(10(17)18)6-15-9(8)16-1-3-19-4-2-16/h5-6H,1-4H2,(H,17,18). The molecule has 0 bridgehead atoms. The van der Waals surface area contributed by atoms with Crippen LogP contribution in [0.3, 0.4) is 0 Å². The van der Waals surface area contributed by atoms with Crippen molar-refractivity contribution in [3.05, 3.63) is 23.4 Å². The largest absolute Gasteiger partial charge is 0.478 e. The zero-order valence-electron chi connectivity index (χ0n) is 9.78. The Morgan fingerprint density at radius 3 is 2.53 bits per heavy atom.